The number of thiophene rings is 1. The molecule has 5 rings (SSSR count). The topological polar surface area (TPSA) is 62.5 Å². The van der Waals surface area contributed by atoms with E-state index in [9.17, 15) is 4.79 Å². The number of carbonyl (C=O) groups excluding carboxylic acids is 1. The van der Waals surface area contributed by atoms with Gasteiger partial charge in [-0.2, -0.15) is 0 Å². The van der Waals surface area contributed by atoms with Gasteiger partial charge in [0, 0.05) is 43.2 Å². The van der Waals surface area contributed by atoms with E-state index in [0.29, 0.717) is 35.4 Å². The number of nitrogens with zero attached hydrogens (tertiary/aromatic N) is 4. The van der Waals surface area contributed by atoms with Crippen LogP contribution in [-0.4, -0.2) is 52.0 Å². The van der Waals surface area contributed by atoms with Crippen LogP contribution in [0.1, 0.15) is 20.9 Å². The lowest BCUT2D eigenvalue weighted by Gasteiger charge is -2.34. The normalized spacial score (nSPS) is 15.0. The summed E-state index contributed by atoms with van der Waals surface area (Å²) in [6.45, 7) is 5.95. The summed E-state index contributed by atoms with van der Waals surface area (Å²) in [4.78, 5) is 23.8. The molecule has 1 aromatic carbocycles. The Morgan fingerprint density at radius 3 is 2.63 bits per heavy atom. The lowest BCUT2D eigenvalue weighted by molar-refractivity contribution is 0.0631. The van der Waals surface area contributed by atoms with Crippen LogP contribution in [0.3, 0.4) is 0 Å². The van der Waals surface area contributed by atoms with Crippen molar-refractivity contribution in [1.29, 1.82) is 0 Å². The van der Waals surface area contributed by atoms with Crippen LogP contribution in [0, 0.1) is 6.92 Å². The highest BCUT2D eigenvalue weighted by molar-refractivity contribution is 7.09. The monoisotopic (exact) mass is 418 g/mol. The van der Waals surface area contributed by atoms with Gasteiger partial charge in [0.05, 0.1) is 22.3 Å². The standard InChI is InChI=1S/C23H22N4O2S/c1-16-21-19(14-20(24-22(21)29-25-16)17-6-3-2-4-7-17)23(28)27-11-9-26(10-12-27)15-18-8-5-13-30-18/h2-8,13-14H,9-12,15H2,1H3. The number of hydrogen-bond acceptors (Lipinski definition) is 6. The second-order valence-corrected chi connectivity index (χ2v) is 8.55. The Morgan fingerprint density at radius 2 is 1.90 bits per heavy atom. The highest BCUT2D eigenvalue weighted by Crippen LogP contribution is 2.28. The first kappa shape index (κ1) is 19.0. The summed E-state index contributed by atoms with van der Waals surface area (Å²) in [5.41, 5.74) is 3.39. The van der Waals surface area contributed by atoms with Crippen molar-refractivity contribution in [3.63, 3.8) is 0 Å². The van der Waals surface area contributed by atoms with E-state index in [0.717, 1.165) is 30.9 Å². The zero-order chi connectivity index (χ0) is 20.5. The third-order valence-corrected chi connectivity index (χ3v) is 6.40. The van der Waals surface area contributed by atoms with Crippen molar-refractivity contribution in [2.45, 2.75) is 13.5 Å². The molecule has 7 heteroatoms. The minimum absolute atomic E-state index is 0.0154. The number of aryl methyl sites for hydroxylation is 1. The molecule has 1 aliphatic heterocycles. The van der Waals surface area contributed by atoms with Crippen molar-refractivity contribution in [2.24, 2.45) is 0 Å². The van der Waals surface area contributed by atoms with Crippen LogP contribution in [-0.2, 0) is 6.54 Å². The van der Waals surface area contributed by atoms with Crippen LogP contribution in [0.25, 0.3) is 22.4 Å². The van der Waals surface area contributed by atoms with Crippen LogP contribution in [0.2, 0.25) is 0 Å². The third-order valence-electron chi connectivity index (χ3n) is 5.54. The molecule has 1 saturated heterocycles. The minimum atomic E-state index is 0.0154. The van der Waals surface area contributed by atoms with Crippen molar-refractivity contribution in [3.8, 4) is 11.3 Å². The van der Waals surface area contributed by atoms with E-state index in [1.165, 1.54) is 4.88 Å². The Morgan fingerprint density at radius 1 is 1.10 bits per heavy atom. The molecule has 0 atom stereocenters. The summed E-state index contributed by atoms with van der Waals surface area (Å²) in [5, 5.41) is 6.87. The molecular formula is C23H22N4O2S. The largest absolute Gasteiger partial charge is 0.336 e. The third kappa shape index (κ3) is 3.62. The fourth-order valence-corrected chi connectivity index (χ4v) is 4.67. The van der Waals surface area contributed by atoms with E-state index in [1.807, 2.05) is 48.2 Å². The molecule has 1 amide bonds. The minimum Gasteiger partial charge on any atom is -0.336 e. The molecule has 0 unspecified atom stereocenters. The molecule has 6 nitrogen and oxygen atoms in total. The van der Waals surface area contributed by atoms with Gasteiger partial charge in [-0.25, -0.2) is 4.98 Å². The average Bonchev–Trinajstić information content (AvgIpc) is 3.44. The Balaban J connectivity index is 1.41. The van der Waals surface area contributed by atoms with Crippen LogP contribution in [0.15, 0.2) is 58.4 Å². The predicted octanol–water partition coefficient (Wildman–Crippen LogP) is 4.22. The van der Waals surface area contributed by atoms with Crippen LogP contribution in [0.4, 0.5) is 0 Å². The van der Waals surface area contributed by atoms with Gasteiger partial charge in [-0.3, -0.25) is 9.69 Å². The van der Waals surface area contributed by atoms with Gasteiger partial charge in [-0.15, -0.1) is 11.3 Å². The van der Waals surface area contributed by atoms with Crippen molar-refractivity contribution < 1.29 is 9.32 Å². The Hall–Kier alpha value is -3.03. The first-order valence-corrected chi connectivity index (χ1v) is 10.9. The summed E-state index contributed by atoms with van der Waals surface area (Å²) < 4.78 is 5.43. The first-order valence-electron chi connectivity index (χ1n) is 10.1. The number of amides is 1. The van der Waals surface area contributed by atoms with Gasteiger partial charge in [0.15, 0.2) is 0 Å². The van der Waals surface area contributed by atoms with Crippen LogP contribution < -0.4 is 0 Å². The number of hydrogen-bond donors (Lipinski definition) is 0. The SMILES string of the molecule is Cc1noc2nc(-c3ccccc3)cc(C(=O)N3CCN(Cc4cccs4)CC3)c12. The smallest absolute Gasteiger partial charge is 0.259 e. The van der Waals surface area contributed by atoms with E-state index >= 15 is 0 Å². The molecule has 1 aliphatic rings. The van der Waals surface area contributed by atoms with E-state index in [1.54, 1.807) is 11.3 Å². The fraction of sp³-hybridized carbons (Fsp3) is 0.261. The van der Waals surface area contributed by atoms with Crippen molar-refractivity contribution in [3.05, 3.63) is 70.0 Å². The van der Waals surface area contributed by atoms with Crippen LogP contribution in [0.5, 0.6) is 0 Å². The summed E-state index contributed by atoms with van der Waals surface area (Å²) in [7, 11) is 0. The number of pyridine rings is 1. The van der Waals surface area contributed by atoms with Crippen LogP contribution >= 0.6 is 11.3 Å². The molecule has 0 saturated carbocycles. The summed E-state index contributed by atoms with van der Waals surface area (Å²) >= 11 is 1.78. The van der Waals surface area contributed by atoms with Gasteiger partial charge in [0.1, 0.15) is 0 Å². The molecular weight excluding hydrogens is 396 g/mol. The Kier molecular flexibility index (Phi) is 5.06. The Labute approximate surface area is 178 Å². The molecule has 4 aromatic rings. The number of piperazine rings is 1. The molecule has 30 heavy (non-hydrogen) atoms. The molecule has 0 spiro atoms. The zero-order valence-corrected chi connectivity index (χ0v) is 17.6. The maximum absolute atomic E-state index is 13.5. The van der Waals surface area contributed by atoms with Crippen molar-refractivity contribution in [1.82, 2.24) is 19.9 Å². The van der Waals surface area contributed by atoms with Gasteiger partial charge in [0.2, 0.25) is 0 Å². The van der Waals surface area contributed by atoms with E-state index in [2.05, 4.69) is 32.6 Å². The van der Waals surface area contributed by atoms with Gasteiger partial charge in [-0.1, -0.05) is 41.6 Å². The molecule has 0 bridgehead atoms. The summed E-state index contributed by atoms with van der Waals surface area (Å²) in [6.07, 6.45) is 0. The number of carbonyl (C=O) groups is 1. The molecule has 3 aromatic heterocycles. The van der Waals surface area contributed by atoms with Gasteiger partial charge < -0.3 is 9.42 Å². The second kappa shape index (κ2) is 8.01. The lowest BCUT2D eigenvalue weighted by atomic mass is 10.0. The number of rotatable bonds is 4. The van der Waals surface area contributed by atoms with Gasteiger partial charge in [-0.05, 0) is 24.4 Å². The maximum Gasteiger partial charge on any atom is 0.259 e. The second-order valence-electron chi connectivity index (χ2n) is 7.52. The molecule has 0 N–H and O–H groups in total. The van der Waals surface area contributed by atoms with Crippen molar-refractivity contribution in [2.75, 3.05) is 26.2 Å². The van der Waals surface area contributed by atoms with E-state index in [4.69, 9.17) is 4.52 Å². The summed E-state index contributed by atoms with van der Waals surface area (Å²) in [6, 6.07) is 16.0. The van der Waals surface area contributed by atoms with Crippen molar-refractivity contribution >= 4 is 28.3 Å². The molecule has 0 aliphatic carbocycles. The van der Waals surface area contributed by atoms with E-state index in [-0.39, 0.29) is 5.91 Å². The number of fused-ring (bicyclic) bond motifs is 1. The average molecular weight is 419 g/mol. The number of aromatic nitrogens is 2. The lowest BCUT2D eigenvalue weighted by Crippen LogP contribution is -2.48. The first-order chi connectivity index (χ1) is 14.7. The summed E-state index contributed by atoms with van der Waals surface area (Å²) in [5.74, 6) is 0.0154. The quantitative estimate of drug-likeness (QED) is 0.497. The Bertz CT molecular complexity index is 1160. The fourth-order valence-electron chi connectivity index (χ4n) is 3.92. The molecule has 1 fully saturated rings. The molecule has 152 valence electrons. The predicted molar refractivity (Wildman–Crippen MR) is 117 cm³/mol. The number of benzene rings is 1. The zero-order valence-electron chi connectivity index (χ0n) is 16.7. The maximum atomic E-state index is 13.5. The van der Waals surface area contributed by atoms with Gasteiger partial charge >= 0.3 is 0 Å². The molecule has 0 radical (unpaired) electrons. The molecule has 4 heterocycles. The highest BCUT2D eigenvalue weighted by Gasteiger charge is 2.26. The van der Waals surface area contributed by atoms with E-state index < -0.39 is 0 Å². The van der Waals surface area contributed by atoms with Gasteiger partial charge in [0.25, 0.3) is 11.6 Å². The highest BCUT2D eigenvalue weighted by atomic mass is 32.1.